The lowest BCUT2D eigenvalue weighted by Crippen LogP contribution is -2.34. The standard InChI is InChI=1S/C64H50FN3/c1-63(2)55-23-11-9-21-51(55)52-35-33-49(39-56(52)63)66(46-17-5-3-6-18-46)58-25-13-15-41-37-43-27-28-44-38-42-16-14-26-59(62(42)64(43,44)61(41)58)67(47-19-7-4-8-20-47)50-34-36-54-53-22-10-12-24-57(53)68(60(54)40-50)48-31-29-45(65)30-32-48/h3-26,29-36,39-40,43-44H,27-28,37-38H2,1-2H3. The topological polar surface area (TPSA) is 11.4 Å². The minimum atomic E-state index is -0.239. The predicted molar refractivity (Wildman–Crippen MR) is 279 cm³/mol. The Balaban J connectivity index is 0.997. The van der Waals surface area contributed by atoms with Gasteiger partial charge in [-0.1, -0.05) is 129 Å². The van der Waals surface area contributed by atoms with Crippen LogP contribution in [-0.4, -0.2) is 4.57 Å². The van der Waals surface area contributed by atoms with E-state index >= 15 is 0 Å². The van der Waals surface area contributed by atoms with Gasteiger partial charge in [0.05, 0.1) is 22.4 Å². The van der Waals surface area contributed by atoms with E-state index in [0.29, 0.717) is 11.8 Å². The summed E-state index contributed by atoms with van der Waals surface area (Å²) in [7, 11) is 0. The molecule has 4 aliphatic rings. The second-order valence-corrected chi connectivity index (χ2v) is 20.1. The van der Waals surface area contributed by atoms with E-state index in [1.54, 1.807) is 12.1 Å². The zero-order valence-electron chi connectivity index (χ0n) is 38.3. The minimum absolute atomic E-state index is 0.125. The van der Waals surface area contributed by atoms with E-state index in [-0.39, 0.29) is 16.6 Å². The van der Waals surface area contributed by atoms with Crippen LogP contribution >= 0.6 is 0 Å². The molecule has 10 aromatic rings. The molecule has 0 amide bonds. The molecule has 0 aliphatic heterocycles. The minimum Gasteiger partial charge on any atom is -0.310 e. The third kappa shape index (κ3) is 5.46. The van der Waals surface area contributed by atoms with E-state index < -0.39 is 0 Å². The van der Waals surface area contributed by atoms with Crippen molar-refractivity contribution in [3.05, 3.63) is 245 Å². The van der Waals surface area contributed by atoms with Crippen molar-refractivity contribution in [2.75, 3.05) is 9.80 Å². The van der Waals surface area contributed by atoms with Gasteiger partial charge in [-0.05, 0) is 173 Å². The highest BCUT2D eigenvalue weighted by Crippen LogP contribution is 2.69. The lowest BCUT2D eigenvalue weighted by Gasteiger charge is -2.40. The van der Waals surface area contributed by atoms with Gasteiger partial charge in [0, 0.05) is 50.0 Å². The quantitative estimate of drug-likeness (QED) is 0.158. The first-order chi connectivity index (χ1) is 33.4. The number of rotatable bonds is 7. The lowest BCUT2D eigenvalue weighted by molar-refractivity contribution is 0.350. The molecule has 1 saturated carbocycles. The number of nitrogens with zero attached hydrogens (tertiary/aromatic N) is 3. The van der Waals surface area contributed by atoms with Gasteiger partial charge in [0.2, 0.25) is 0 Å². The van der Waals surface area contributed by atoms with Crippen molar-refractivity contribution in [3.63, 3.8) is 0 Å². The molecular weight excluding hydrogens is 830 g/mol. The molecule has 3 unspecified atom stereocenters. The fourth-order valence-corrected chi connectivity index (χ4v) is 13.8. The van der Waals surface area contributed by atoms with Crippen molar-refractivity contribution in [2.45, 2.75) is 50.4 Å². The summed E-state index contributed by atoms with van der Waals surface area (Å²) in [5.74, 6) is 0.702. The highest BCUT2D eigenvalue weighted by molar-refractivity contribution is 6.10. The van der Waals surface area contributed by atoms with Gasteiger partial charge >= 0.3 is 0 Å². The number of anilines is 6. The number of aromatic nitrogens is 1. The molecular formula is C64H50FN3. The van der Waals surface area contributed by atoms with Crippen molar-refractivity contribution in [3.8, 4) is 16.8 Å². The van der Waals surface area contributed by atoms with Gasteiger partial charge in [-0.2, -0.15) is 0 Å². The Labute approximate surface area is 397 Å². The fourth-order valence-electron chi connectivity index (χ4n) is 13.8. The highest BCUT2D eigenvalue weighted by Gasteiger charge is 2.62. The number of para-hydroxylation sites is 3. The van der Waals surface area contributed by atoms with Crippen LogP contribution in [0.1, 0.15) is 60.1 Å². The molecule has 328 valence electrons. The zero-order chi connectivity index (χ0) is 45.3. The van der Waals surface area contributed by atoms with Crippen molar-refractivity contribution < 1.29 is 4.39 Å². The average Bonchev–Trinajstić information content (AvgIpc) is 4.14. The largest absolute Gasteiger partial charge is 0.310 e. The second-order valence-electron chi connectivity index (χ2n) is 20.1. The van der Waals surface area contributed by atoms with Crippen LogP contribution in [0.15, 0.2) is 206 Å². The number of halogens is 1. The molecule has 1 aromatic heterocycles. The predicted octanol–water partition coefficient (Wildman–Crippen LogP) is 16.6. The van der Waals surface area contributed by atoms with Gasteiger partial charge in [0.1, 0.15) is 5.82 Å². The summed E-state index contributed by atoms with van der Waals surface area (Å²) in [4.78, 5) is 5.12. The lowest BCUT2D eigenvalue weighted by atomic mass is 9.68. The summed E-state index contributed by atoms with van der Waals surface area (Å²) < 4.78 is 16.7. The van der Waals surface area contributed by atoms with Gasteiger partial charge in [-0.15, -0.1) is 0 Å². The maximum Gasteiger partial charge on any atom is 0.123 e. The molecule has 68 heavy (non-hydrogen) atoms. The van der Waals surface area contributed by atoms with Crippen LogP contribution < -0.4 is 9.80 Å². The Morgan fingerprint density at radius 1 is 0.456 bits per heavy atom. The van der Waals surface area contributed by atoms with Crippen LogP contribution in [0.5, 0.6) is 0 Å². The van der Waals surface area contributed by atoms with Crippen LogP contribution in [0, 0.1) is 17.7 Å². The van der Waals surface area contributed by atoms with Crippen LogP contribution in [-0.2, 0) is 23.7 Å². The van der Waals surface area contributed by atoms with Gasteiger partial charge in [0.25, 0.3) is 0 Å². The van der Waals surface area contributed by atoms with E-state index in [4.69, 9.17) is 0 Å². The van der Waals surface area contributed by atoms with E-state index in [1.807, 2.05) is 12.1 Å². The number of hydrogen-bond acceptors (Lipinski definition) is 2. The molecule has 0 radical (unpaired) electrons. The Kier molecular flexibility index (Phi) is 8.51. The van der Waals surface area contributed by atoms with Crippen LogP contribution in [0.4, 0.5) is 38.5 Å². The van der Waals surface area contributed by atoms with Crippen molar-refractivity contribution >= 4 is 55.9 Å². The summed E-state index contributed by atoms with van der Waals surface area (Å²) in [5, 5.41) is 2.35. The van der Waals surface area contributed by atoms with Gasteiger partial charge < -0.3 is 14.4 Å². The monoisotopic (exact) mass is 879 g/mol. The number of benzene rings is 9. The summed E-state index contributed by atoms with van der Waals surface area (Å²) >= 11 is 0. The first kappa shape index (κ1) is 39.5. The second kappa shape index (κ2) is 14.7. The number of fused-ring (bicyclic) bond motifs is 8. The molecule has 0 N–H and O–H groups in total. The van der Waals surface area contributed by atoms with Crippen molar-refractivity contribution in [1.29, 1.82) is 0 Å². The smallest absolute Gasteiger partial charge is 0.123 e. The zero-order valence-corrected chi connectivity index (χ0v) is 38.3. The van der Waals surface area contributed by atoms with E-state index in [2.05, 4.69) is 210 Å². The first-order valence-corrected chi connectivity index (χ1v) is 24.4. The van der Waals surface area contributed by atoms with Crippen molar-refractivity contribution in [1.82, 2.24) is 4.57 Å². The SMILES string of the molecule is CC1(C)c2ccccc2-c2ccc(N(c3ccccc3)c3cccc4c3C35c6c(cccc6N(c6ccccc6)c6ccc7c8ccccc8n(-c8ccc(F)cc8)c7c6)CC3CCC5C4)cc21. The third-order valence-electron chi connectivity index (χ3n) is 16.5. The van der Waals surface area contributed by atoms with E-state index in [9.17, 15) is 4.39 Å². The normalized spacial score (nSPS) is 19.0. The molecule has 9 aromatic carbocycles. The molecule has 1 heterocycles. The third-order valence-corrected chi connectivity index (χ3v) is 16.5. The van der Waals surface area contributed by atoms with Gasteiger partial charge in [0.15, 0.2) is 0 Å². The Morgan fingerprint density at radius 3 is 1.66 bits per heavy atom. The van der Waals surface area contributed by atoms with Crippen LogP contribution in [0.2, 0.25) is 0 Å². The molecule has 14 rings (SSSR count). The summed E-state index contributed by atoms with van der Waals surface area (Å²) in [5.41, 5.74) is 21.3. The first-order valence-electron chi connectivity index (χ1n) is 24.4. The Bertz CT molecular complexity index is 3640. The van der Waals surface area contributed by atoms with Crippen LogP contribution in [0.3, 0.4) is 0 Å². The number of hydrogen-bond donors (Lipinski definition) is 0. The summed E-state index contributed by atoms with van der Waals surface area (Å²) in [6.45, 7) is 4.77. The molecule has 1 fully saturated rings. The molecule has 0 saturated heterocycles. The maximum absolute atomic E-state index is 14.4. The Hall–Kier alpha value is -7.69. The van der Waals surface area contributed by atoms with Crippen LogP contribution in [0.25, 0.3) is 38.6 Å². The average molecular weight is 880 g/mol. The molecule has 3 nitrogen and oxygen atoms in total. The molecule has 3 atom stereocenters. The molecule has 1 spiro atoms. The summed E-state index contributed by atoms with van der Waals surface area (Å²) in [6, 6.07) is 75.0. The molecule has 4 aliphatic carbocycles. The fraction of sp³-hybridized carbons (Fsp3) is 0.156. The summed E-state index contributed by atoms with van der Waals surface area (Å²) in [6.07, 6.45) is 4.54. The highest BCUT2D eigenvalue weighted by atomic mass is 19.1. The Morgan fingerprint density at radius 2 is 1.00 bits per heavy atom. The molecule has 4 heteroatoms. The van der Waals surface area contributed by atoms with E-state index in [0.717, 1.165) is 40.9 Å². The maximum atomic E-state index is 14.4. The van der Waals surface area contributed by atoms with E-state index in [1.165, 1.54) is 90.9 Å². The van der Waals surface area contributed by atoms with Gasteiger partial charge in [-0.25, -0.2) is 4.39 Å². The van der Waals surface area contributed by atoms with Crippen molar-refractivity contribution in [2.24, 2.45) is 11.8 Å². The molecule has 0 bridgehead atoms. The van der Waals surface area contributed by atoms with Gasteiger partial charge in [-0.3, -0.25) is 0 Å².